The number of nitrogens with zero attached hydrogens (tertiary/aromatic N) is 4. The Kier molecular flexibility index (Phi) is 9.73. The Labute approximate surface area is 204 Å². The zero-order valence-electron chi connectivity index (χ0n) is 20.5. The van der Waals surface area contributed by atoms with Crippen molar-refractivity contribution in [2.45, 2.75) is 47.5 Å². The van der Waals surface area contributed by atoms with Crippen LogP contribution in [0.3, 0.4) is 0 Å². The number of nitrogens with two attached hydrogens (primary N) is 1. The number of amides is 1. The molecule has 0 radical (unpaired) electrons. The quantitative estimate of drug-likeness (QED) is 0.454. The van der Waals surface area contributed by atoms with Crippen LogP contribution in [0.25, 0.3) is 21.3 Å². The number of aromatic nitrogens is 3. The molecule has 10 heteroatoms. The Morgan fingerprint density at radius 3 is 2.35 bits per heavy atom. The Morgan fingerprint density at radius 2 is 1.82 bits per heavy atom. The minimum absolute atomic E-state index is 0.250. The highest BCUT2D eigenvalue weighted by atomic mass is 32.1. The molecule has 0 saturated carbocycles. The molecule has 1 fully saturated rings. The van der Waals surface area contributed by atoms with Crippen LogP contribution in [0.15, 0.2) is 24.5 Å². The maximum Gasteiger partial charge on any atom is 0.309 e. The number of thiazole rings is 1. The Balaban J connectivity index is 0.000000758. The van der Waals surface area contributed by atoms with Gasteiger partial charge in [0.15, 0.2) is 5.13 Å². The maximum atomic E-state index is 11.4. The number of piperidine rings is 1. The highest BCUT2D eigenvalue weighted by molar-refractivity contribution is 7.22. The number of carboxylic acid groups (broad SMARTS) is 1. The fourth-order valence-electron chi connectivity index (χ4n) is 3.64. The lowest BCUT2D eigenvalue weighted by Gasteiger charge is -2.36. The summed E-state index contributed by atoms with van der Waals surface area (Å²) in [5.41, 5.74) is 7.68. The van der Waals surface area contributed by atoms with E-state index in [4.69, 9.17) is 4.79 Å². The van der Waals surface area contributed by atoms with Crippen molar-refractivity contribution in [3.8, 4) is 11.1 Å². The van der Waals surface area contributed by atoms with E-state index in [-0.39, 0.29) is 6.41 Å². The van der Waals surface area contributed by atoms with Gasteiger partial charge in [0.25, 0.3) is 0 Å². The number of aryl methyl sites for hydroxylation is 1. The van der Waals surface area contributed by atoms with Crippen LogP contribution < -0.4 is 16.0 Å². The van der Waals surface area contributed by atoms with E-state index in [1.54, 1.807) is 11.3 Å². The molecule has 9 nitrogen and oxygen atoms in total. The molecule has 3 aromatic rings. The molecule has 34 heavy (non-hydrogen) atoms. The van der Waals surface area contributed by atoms with Crippen LogP contribution >= 0.6 is 11.3 Å². The van der Waals surface area contributed by atoms with E-state index in [1.165, 1.54) is 10.3 Å². The molecule has 0 unspecified atom stereocenters. The van der Waals surface area contributed by atoms with Gasteiger partial charge >= 0.3 is 5.97 Å². The third-order valence-corrected chi connectivity index (χ3v) is 6.81. The summed E-state index contributed by atoms with van der Waals surface area (Å²) in [6.07, 6.45) is 5.12. The summed E-state index contributed by atoms with van der Waals surface area (Å²) < 4.78 is 1.19. The summed E-state index contributed by atoms with van der Waals surface area (Å²) in [7, 11) is 0. The smallest absolute Gasteiger partial charge is 0.309 e. The number of carbonyl (C=O) groups is 2. The second-order valence-corrected chi connectivity index (χ2v) is 8.95. The van der Waals surface area contributed by atoms with Crippen molar-refractivity contribution in [2.75, 3.05) is 29.9 Å². The molecule has 0 atom stereocenters. The van der Waals surface area contributed by atoms with Gasteiger partial charge in [-0.2, -0.15) is 0 Å². The average Bonchev–Trinajstić information content (AvgIpc) is 3.25. The Bertz CT molecular complexity index is 1090. The molecule has 3 heterocycles. The molecule has 1 aliphatic heterocycles. The van der Waals surface area contributed by atoms with E-state index >= 15 is 0 Å². The number of anilines is 2. The second-order valence-electron chi connectivity index (χ2n) is 7.95. The largest absolute Gasteiger partial charge is 0.481 e. The molecule has 2 aromatic heterocycles. The van der Waals surface area contributed by atoms with Gasteiger partial charge in [0.05, 0.1) is 15.6 Å². The SMILES string of the molecule is CC.CCNc1nc2cc(-c3cnc(N4CCC(C)(C(=O)O)CC4)nc3)cc(C)c2s1.NC=O. The molecular formula is C24H34N6O3S. The van der Waals surface area contributed by atoms with Crippen molar-refractivity contribution in [2.24, 2.45) is 11.1 Å². The lowest BCUT2D eigenvalue weighted by Crippen LogP contribution is -2.43. The molecule has 1 saturated heterocycles. The first-order valence-electron chi connectivity index (χ1n) is 11.4. The number of nitrogens with one attached hydrogen (secondary N) is 1. The van der Waals surface area contributed by atoms with Gasteiger partial charge in [-0.3, -0.25) is 9.59 Å². The van der Waals surface area contributed by atoms with Gasteiger partial charge in [0.1, 0.15) is 0 Å². The maximum absolute atomic E-state index is 11.4. The first-order valence-corrected chi connectivity index (χ1v) is 12.2. The van der Waals surface area contributed by atoms with Crippen LogP contribution in [-0.4, -0.2) is 52.1 Å². The molecule has 1 amide bonds. The number of primary amides is 1. The summed E-state index contributed by atoms with van der Waals surface area (Å²) in [5, 5.41) is 13.6. The Morgan fingerprint density at radius 1 is 1.24 bits per heavy atom. The number of benzene rings is 1. The van der Waals surface area contributed by atoms with Gasteiger partial charge in [-0.1, -0.05) is 25.2 Å². The van der Waals surface area contributed by atoms with Crippen molar-refractivity contribution in [3.05, 3.63) is 30.1 Å². The minimum Gasteiger partial charge on any atom is -0.481 e. The number of aliphatic carboxylic acids is 1. The molecular weight excluding hydrogens is 452 g/mol. The fourth-order valence-corrected chi connectivity index (χ4v) is 4.62. The first-order chi connectivity index (χ1) is 16.3. The molecule has 4 rings (SSSR count). The predicted octanol–water partition coefficient (Wildman–Crippen LogP) is 4.31. The highest BCUT2D eigenvalue weighted by Gasteiger charge is 2.37. The number of fused-ring (bicyclic) bond motifs is 1. The summed E-state index contributed by atoms with van der Waals surface area (Å²) in [6.45, 7) is 12.1. The van der Waals surface area contributed by atoms with E-state index in [9.17, 15) is 9.90 Å². The lowest BCUT2D eigenvalue weighted by atomic mass is 9.80. The topological polar surface area (TPSA) is 134 Å². The van der Waals surface area contributed by atoms with Crippen LogP contribution in [0.2, 0.25) is 0 Å². The van der Waals surface area contributed by atoms with Crippen molar-refractivity contribution in [1.29, 1.82) is 0 Å². The second kappa shape index (κ2) is 12.3. The standard InChI is InChI=1S/C21H25N5O2S.C2H6.CH3NO/c1-4-22-20-25-16-10-14(9-13(2)17(16)29-20)15-11-23-19(24-12-15)26-7-5-21(3,6-8-26)18(27)28;1-2;2-1-3/h9-12H,4-8H2,1-3H3,(H,22,25)(H,27,28);1-2H3;1H,(H2,2,3). The van der Waals surface area contributed by atoms with Gasteiger partial charge in [0, 0.05) is 37.6 Å². The molecule has 0 bridgehead atoms. The zero-order valence-corrected chi connectivity index (χ0v) is 21.3. The molecule has 184 valence electrons. The minimum atomic E-state index is -0.724. The fraction of sp³-hybridized carbons (Fsp3) is 0.458. The van der Waals surface area contributed by atoms with Gasteiger partial charge in [-0.15, -0.1) is 0 Å². The van der Waals surface area contributed by atoms with E-state index in [1.807, 2.05) is 33.2 Å². The van der Waals surface area contributed by atoms with Gasteiger partial charge in [-0.25, -0.2) is 15.0 Å². The van der Waals surface area contributed by atoms with E-state index in [2.05, 4.69) is 56.9 Å². The number of carbonyl (C=O) groups excluding carboxylic acids is 1. The monoisotopic (exact) mass is 486 g/mol. The zero-order chi connectivity index (χ0) is 25.3. The number of rotatable bonds is 5. The van der Waals surface area contributed by atoms with Crippen LogP contribution in [0.1, 0.15) is 46.1 Å². The number of hydrogen-bond donors (Lipinski definition) is 3. The predicted molar refractivity (Wildman–Crippen MR) is 138 cm³/mol. The third-order valence-electron chi connectivity index (χ3n) is 5.64. The van der Waals surface area contributed by atoms with Crippen molar-refractivity contribution >= 4 is 45.0 Å². The van der Waals surface area contributed by atoms with Crippen LogP contribution in [0, 0.1) is 12.3 Å². The van der Waals surface area contributed by atoms with Gasteiger partial charge < -0.3 is 21.1 Å². The van der Waals surface area contributed by atoms with Crippen molar-refractivity contribution in [1.82, 2.24) is 15.0 Å². The van der Waals surface area contributed by atoms with Gasteiger partial charge in [0.2, 0.25) is 12.4 Å². The number of carboxylic acids is 1. The summed E-state index contributed by atoms with van der Waals surface area (Å²) >= 11 is 1.67. The number of hydrogen-bond acceptors (Lipinski definition) is 8. The first kappa shape index (κ1) is 27.0. The molecule has 4 N–H and O–H groups in total. The lowest BCUT2D eigenvalue weighted by molar-refractivity contribution is -0.149. The van der Waals surface area contributed by atoms with E-state index < -0.39 is 11.4 Å². The van der Waals surface area contributed by atoms with Crippen molar-refractivity contribution < 1.29 is 14.7 Å². The average molecular weight is 487 g/mol. The van der Waals surface area contributed by atoms with E-state index in [0.717, 1.165) is 28.3 Å². The molecule has 0 aliphatic carbocycles. The van der Waals surface area contributed by atoms with Crippen LogP contribution in [0.4, 0.5) is 11.1 Å². The summed E-state index contributed by atoms with van der Waals surface area (Å²) in [4.78, 5) is 35.9. The molecule has 0 spiro atoms. The normalized spacial score (nSPS) is 14.3. The Hall–Kier alpha value is -3.27. The van der Waals surface area contributed by atoms with Crippen LogP contribution in [-0.2, 0) is 9.59 Å². The van der Waals surface area contributed by atoms with Crippen molar-refractivity contribution in [3.63, 3.8) is 0 Å². The molecule has 1 aromatic carbocycles. The summed E-state index contributed by atoms with van der Waals surface area (Å²) in [5.74, 6) is -0.0689. The van der Waals surface area contributed by atoms with E-state index in [0.29, 0.717) is 31.9 Å². The third kappa shape index (κ3) is 6.19. The summed E-state index contributed by atoms with van der Waals surface area (Å²) in [6, 6.07) is 4.23. The van der Waals surface area contributed by atoms with Crippen LogP contribution in [0.5, 0.6) is 0 Å². The highest BCUT2D eigenvalue weighted by Crippen LogP contribution is 2.34. The van der Waals surface area contributed by atoms with Gasteiger partial charge in [-0.05, 0) is 56.9 Å². The molecule has 1 aliphatic rings.